The van der Waals surface area contributed by atoms with Gasteiger partial charge >= 0.3 is 0 Å². The maximum Gasteiger partial charge on any atom is 0.281 e. The van der Waals surface area contributed by atoms with Crippen LogP contribution < -0.4 is 10.1 Å². The third-order valence-corrected chi connectivity index (χ3v) is 4.28. The van der Waals surface area contributed by atoms with Gasteiger partial charge in [0.05, 0.1) is 28.9 Å². The molecule has 1 aromatic heterocycles. The van der Waals surface area contributed by atoms with Crippen LogP contribution in [0, 0.1) is 30.9 Å². The van der Waals surface area contributed by atoms with Crippen molar-refractivity contribution in [2.24, 2.45) is 0 Å². The minimum absolute atomic E-state index is 0.0444. The summed E-state index contributed by atoms with van der Waals surface area (Å²) in [5.41, 5.74) is 4.64. The number of anilines is 2. The number of fused-ring (bicyclic) bond motifs is 1. The Labute approximate surface area is 145 Å². The number of hydrogen-bond acceptors (Lipinski definition) is 5. The Balaban J connectivity index is 2.31. The number of nitro benzene ring substituents is 1. The number of nitro groups is 1. The van der Waals surface area contributed by atoms with Gasteiger partial charge in [-0.15, -0.1) is 0 Å². The van der Waals surface area contributed by atoms with E-state index < -0.39 is 0 Å². The van der Waals surface area contributed by atoms with Gasteiger partial charge in [-0.05, 0) is 50.1 Å². The SMILES string of the molecule is COc1ccccc1Nc1cc(C)nc2c(C)c(C)cc([N+](=O)[O-])c12. The van der Waals surface area contributed by atoms with Crippen molar-refractivity contribution in [1.29, 1.82) is 0 Å². The summed E-state index contributed by atoms with van der Waals surface area (Å²) < 4.78 is 5.37. The Hall–Kier alpha value is -3.15. The maximum atomic E-state index is 11.6. The maximum absolute atomic E-state index is 11.6. The average Bonchev–Trinajstić information content (AvgIpc) is 2.58. The molecule has 0 amide bonds. The molecule has 0 aliphatic heterocycles. The Kier molecular flexibility index (Phi) is 4.27. The lowest BCUT2D eigenvalue weighted by atomic mass is 10.0. The largest absolute Gasteiger partial charge is 0.495 e. The number of nitrogens with one attached hydrogen (secondary N) is 1. The second kappa shape index (κ2) is 6.39. The van der Waals surface area contributed by atoms with Crippen LogP contribution in [0.15, 0.2) is 36.4 Å². The minimum Gasteiger partial charge on any atom is -0.495 e. The van der Waals surface area contributed by atoms with Gasteiger partial charge < -0.3 is 10.1 Å². The van der Waals surface area contributed by atoms with Crippen molar-refractivity contribution >= 4 is 28.0 Å². The lowest BCUT2D eigenvalue weighted by molar-refractivity contribution is -0.383. The molecule has 6 heteroatoms. The highest BCUT2D eigenvalue weighted by molar-refractivity contribution is 6.02. The third-order valence-electron chi connectivity index (χ3n) is 4.28. The molecular weight excluding hydrogens is 318 g/mol. The summed E-state index contributed by atoms with van der Waals surface area (Å²) in [5.74, 6) is 0.664. The van der Waals surface area contributed by atoms with E-state index in [0.29, 0.717) is 22.3 Å². The highest BCUT2D eigenvalue weighted by Crippen LogP contribution is 2.38. The van der Waals surface area contributed by atoms with Crippen LogP contribution in [-0.4, -0.2) is 17.0 Å². The quantitative estimate of drug-likeness (QED) is 0.545. The molecule has 25 heavy (non-hydrogen) atoms. The fraction of sp³-hybridized carbons (Fsp3) is 0.211. The van der Waals surface area contributed by atoms with Crippen LogP contribution in [0.3, 0.4) is 0 Å². The van der Waals surface area contributed by atoms with E-state index in [1.165, 1.54) is 0 Å². The smallest absolute Gasteiger partial charge is 0.281 e. The highest BCUT2D eigenvalue weighted by Gasteiger charge is 2.21. The normalized spacial score (nSPS) is 10.7. The Morgan fingerprint density at radius 1 is 1.12 bits per heavy atom. The van der Waals surface area contributed by atoms with Crippen molar-refractivity contribution in [2.45, 2.75) is 20.8 Å². The molecule has 1 heterocycles. The molecule has 6 nitrogen and oxygen atoms in total. The van der Waals surface area contributed by atoms with E-state index in [4.69, 9.17) is 4.74 Å². The second-order valence-electron chi connectivity index (χ2n) is 5.95. The Bertz CT molecular complexity index is 983. The molecule has 0 fully saturated rings. The molecule has 0 radical (unpaired) electrons. The van der Waals surface area contributed by atoms with E-state index in [-0.39, 0.29) is 10.6 Å². The van der Waals surface area contributed by atoms with Crippen LogP contribution >= 0.6 is 0 Å². The minimum atomic E-state index is -0.362. The zero-order valence-corrected chi connectivity index (χ0v) is 14.6. The molecule has 0 bridgehead atoms. The van der Waals surface area contributed by atoms with Gasteiger partial charge in [0.2, 0.25) is 0 Å². The number of pyridine rings is 1. The van der Waals surface area contributed by atoms with Gasteiger partial charge in [-0.1, -0.05) is 12.1 Å². The molecule has 0 saturated heterocycles. The number of rotatable bonds is 4. The molecule has 0 aliphatic rings. The summed E-state index contributed by atoms with van der Waals surface area (Å²) in [6.07, 6.45) is 0. The predicted octanol–water partition coefficient (Wildman–Crippen LogP) is 4.82. The van der Waals surface area contributed by atoms with Crippen molar-refractivity contribution in [3.8, 4) is 5.75 Å². The van der Waals surface area contributed by atoms with Crippen molar-refractivity contribution in [2.75, 3.05) is 12.4 Å². The third kappa shape index (κ3) is 2.98. The molecule has 0 spiro atoms. The van der Waals surface area contributed by atoms with E-state index in [0.717, 1.165) is 22.5 Å². The van der Waals surface area contributed by atoms with Gasteiger partial charge in [-0.3, -0.25) is 15.1 Å². The number of non-ortho nitro benzene ring substituents is 1. The number of nitrogens with zero attached hydrogens (tertiary/aromatic N) is 2. The molecule has 128 valence electrons. The van der Waals surface area contributed by atoms with Crippen molar-refractivity contribution in [3.63, 3.8) is 0 Å². The van der Waals surface area contributed by atoms with E-state index in [1.807, 2.05) is 51.1 Å². The fourth-order valence-electron chi connectivity index (χ4n) is 2.91. The van der Waals surface area contributed by atoms with Gasteiger partial charge in [0, 0.05) is 11.8 Å². The predicted molar refractivity (Wildman–Crippen MR) is 98.9 cm³/mol. The first-order valence-corrected chi connectivity index (χ1v) is 7.88. The number of benzene rings is 2. The lowest BCUT2D eigenvalue weighted by Gasteiger charge is -2.15. The van der Waals surface area contributed by atoms with Crippen LogP contribution in [0.5, 0.6) is 5.75 Å². The summed E-state index contributed by atoms with van der Waals surface area (Å²) in [6, 6.07) is 10.9. The first-order valence-electron chi connectivity index (χ1n) is 7.88. The molecule has 2 aromatic carbocycles. The number of ether oxygens (including phenoxy) is 1. The molecule has 3 rings (SSSR count). The monoisotopic (exact) mass is 337 g/mol. The van der Waals surface area contributed by atoms with Crippen molar-refractivity contribution < 1.29 is 9.66 Å². The number of hydrogen-bond donors (Lipinski definition) is 1. The van der Waals surface area contributed by atoms with Crippen LogP contribution in [0.4, 0.5) is 17.1 Å². The topological polar surface area (TPSA) is 77.3 Å². The van der Waals surface area contributed by atoms with Gasteiger partial charge in [0.25, 0.3) is 5.69 Å². The first kappa shape index (κ1) is 16.7. The van der Waals surface area contributed by atoms with Gasteiger partial charge in [0.1, 0.15) is 11.1 Å². The second-order valence-corrected chi connectivity index (χ2v) is 5.95. The molecule has 0 aliphatic carbocycles. The zero-order valence-electron chi connectivity index (χ0n) is 14.6. The van der Waals surface area contributed by atoms with E-state index in [2.05, 4.69) is 10.3 Å². The lowest BCUT2D eigenvalue weighted by Crippen LogP contribution is -2.02. The van der Waals surface area contributed by atoms with Crippen LogP contribution in [0.2, 0.25) is 0 Å². The molecule has 0 unspecified atom stereocenters. The summed E-state index contributed by atoms with van der Waals surface area (Å²) >= 11 is 0. The van der Waals surface area contributed by atoms with Crippen molar-refractivity contribution in [3.05, 3.63) is 63.3 Å². The van der Waals surface area contributed by atoms with Gasteiger partial charge in [-0.25, -0.2) is 0 Å². The van der Waals surface area contributed by atoms with Crippen LogP contribution in [0.25, 0.3) is 10.9 Å². The standard InChI is InChI=1S/C19H19N3O3/c1-11-9-16(22(23)24)18-15(10-12(2)20-19(18)13(11)3)21-14-7-5-6-8-17(14)25-4/h5-10H,1-4H3,(H,20,21). The molecule has 0 saturated carbocycles. The first-order chi connectivity index (χ1) is 11.9. The number of methoxy groups -OCH3 is 1. The van der Waals surface area contributed by atoms with Crippen LogP contribution in [-0.2, 0) is 0 Å². The summed E-state index contributed by atoms with van der Waals surface area (Å²) in [6.45, 7) is 5.67. The van der Waals surface area contributed by atoms with E-state index >= 15 is 0 Å². The Morgan fingerprint density at radius 2 is 1.84 bits per heavy atom. The summed E-state index contributed by atoms with van der Waals surface area (Å²) in [4.78, 5) is 15.8. The number of aryl methyl sites for hydroxylation is 3. The average molecular weight is 337 g/mol. The highest BCUT2D eigenvalue weighted by atomic mass is 16.6. The molecule has 3 aromatic rings. The zero-order chi connectivity index (χ0) is 18.1. The van der Waals surface area contributed by atoms with Crippen LogP contribution in [0.1, 0.15) is 16.8 Å². The van der Waals surface area contributed by atoms with Gasteiger partial charge in [-0.2, -0.15) is 0 Å². The number of aromatic nitrogens is 1. The molecular formula is C19H19N3O3. The Morgan fingerprint density at radius 3 is 2.52 bits per heavy atom. The molecule has 1 N–H and O–H groups in total. The van der Waals surface area contributed by atoms with Crippen molar-refractivity contribution in [1.82, 2.24) is 4.98 Å². The fourth-order valence-corrected chi connectivity index (χ4v) is 2.91. The van der Waals surface area contributed by atoms with E-state index in [9.17, 15) is 10.1 Å². The van der Waals surface area contributed by atoms with Gasteiger partial charge in [0.15, 0.2) is 0 Å². The van der Waals surface area contributed by atoms with E-state index in [1.54, 1.807) is 13.2 Å². The summed E-state index contributed by atoms with van der Waals surface area (Å²) in [5, 5.41) is 15.4. The molecule has 0 atom stereocenters. The summed E-state index contributed by atoms with van der Waals surface area (Å²) in [7, 11) is 1.59. The number of para-hydroxylation sites is 2.